The first-order valence-corrected chi connectivity index (χ1v) is 12.0. The van der Waals surface area contributed by atoms with Crippen LogP contribution in [0.2, 0.25) is 0 Å². The first-order chi connectivity index (χ1) is 15.3. The molecule has 2 aromatic carbocycles. The molecule has 0 spiro atoms. The fourth-order valence-electron chi connectivity index (χ4n) is 3.33. The van der Waals surface area contributed by atoms with Crippen molar-refractivity contribution in [1.29, 1.82) is 0 Å². The monoisotopic (exact) mass is 482 g/mol. The summed E-state index contributed by atoms with van der Waals surface area (Å²) >= 11 is 8.25. The second-order valence-corrected chi connectivity index (χ2v) is 9.67. The van der Waals surface area contributed by atoms with Gasteiger partial charge in [-0.1, -0.05) is 30.0 Å². The van der Waals surface area contributed by atoms with Crippen molar-refractivity contribution in [2.24, 2.45) is 0 Å². The number of hydrogen-bond acceptors (Lipinski definition) is 7. The van der Waals surface area contributed by atoms with Crippen molar-refractivity contribution >= 4 is 63.4 Å². The van der Waals surface area contributed by atoms with E-state index in [1.807, 2.05) is 43.5 Å². The van der Waals surface area contributed by atoms with Crippen molar-refractivity contribution in [1.82, 2.24) is 0 Å². The zero-order valence-electron chi connectivity index (χ0n) is 17.4. The van der Waals surface area contributed by atoms with Crippen LogP contribution in [-0.2, 0) is 4.79 Å². The van der Waals surface area contributed by atoms with Crippen LogP contribution >= 0.6 is 35.7 Å². The van der Waals surface area contributed by atoms with E-state index in [-0.39, 0.29) is 11.6 Å². The van der Waals surface area contributed by atoms with Crippen LogP contribution in [0.25, 0.3) is 17.4 Å². The average Bonchev–Trinajstić information content (AvgIpc) is 3.34. The molecule has 0 bridgehead atoms. The summed E-state index contributed by atoms with van der Waals surface area (Å²) in [6.45, 7) is 3.55. The smallest absolute Gasteiger partial charge is 0.273 e. The number of furan rings is 1. The van der Waals surface area contributed by atoms with Crippen molar-refractivity contribution in [2.45, 2.75) is 18.7 Å². The number of carbonyl (C=O) groups is 1. The molecule has 4 rings (SSSR count). The van der Waals surface area contributed by atoms with Crippen LogP contribution in [0.1, 0.15) is 16.9 Å². The summed E-state index contributed by atoms with van der Waals surface area (Å²) in [6, 6.07) is 14.5. The van der Waals surface area contributed by atoms with Crippen molar-refractivity contribution in [3.8, 4) is 11.3 Å². The van der Waals surface area contributed by atoms with Gasteiger partial charge in [0.2, 0.25) is 0 Å². The Hall–Kier alpha value is -2.88. The minimum atomic E-state index is -0.396. The molecule has 1 fully saturated rings. The standard InChI is InChI=1S/C23H18N2O4S3/c1-13-9-15(10-19(14(13)2)25(27)28)20-8-7-17(29-20)12-21-22(26)24(23(30)32-21)16-5-4-6-18(11-16)31-3/h4-12H,1-3H3/b21-12+. The van der Waals surface area contributed by atoms with Crippen LogP contribution in [0, 0.1) is 24.0 Å². The maximum Gasteiger partial charge on any atom is 0.273 e. The lowest BCUT2D eigenvalue weighted by molar-refractivity contribution is -0.385. The van der Waals surface area contributed by atoms with E-state index >= 15 is 0 Å². The van der Waals surface area contributed by atoms with Gasteiger partial charge in [0.15, 0.2) is 4.32 Å². The molecule has 1 aliphatic rings. The van der Waals surface area contributed by atoms with E-state index in [1.165, 1.54) is 22.7 Å². The Labute approximate surface area is 198 Å². The second-order valence-electron chi connectivity index (χ2n) is 7.11. The lowest BCUT2D eigenvalue weighted by Gasteiger charge is -2.15. The number of thioether (sulfide) groups is 2. The van der Waals surface area contributed by atoms with E-state index in [2.05, 4.69) is 0 Å². The molecule has 3 aromatic rings. The van der Waals surface area contributed by atoms with Gasteiger partial charge in [-0.15, -0.1) is 11.8 Å². The lowest BCUT2D eigenvalue weighted by Crippen LogP contribution is -2.27. The molecule has 1 aliphatic heterocycles. The van der Waals surface area contributed by atoms with Crippen molar-refractivity contribution in [3.63, 3.8) is 0 Å². The maximum absolute atomic E-state index is 13.0. The Morgan fingerprint density at radius 3 is 2.69 bits per heavy atom. The molecular formula is C23H18N2O4S3. The van der Waals surface area contributed by atoms with Gasteiger partial charge in [0, 0.05) is 28.2 Å². The quantitative estimate of drug-likeness (QED) is 0.133. The third-order valence-corrected chi connectivity index (χ3v) is 7.15. The van der Waals surface area contributed by atoms with Gasteiger partial charge in [-0.2, -0.15) is 0 Å². The number of nitrogens with zero attached hydrogens (tertiary/aromatic N) is 2. The van der Waals surface area contributed by atoms with Crippen molar-refractivity contribution < 1.29 is 14.1 Å². The zero-order chi connectivity index (χ0) is 23.0. The number of anilines is 1. The highest BCUT2D eigenvalue weighted by molar-refractivity contribution is 8.27. The van der Waals surface area contributed by atoms with Gasteiger partial charge in [-0.25, -0.2) is 0 Å². The minimum Gasteiger partial charge on any atom is -0.457 e. The van der Waals surface area contributed by atoms with Gasteiger partial charge in [-0.3, -0.25) is 19.8 Å². The fourth-order valence-corrected chi connectivity index (χ4v) is 5.06. The predicted octanol–water partition coefficient (Wildman–Crippen LogP) is 6.60. The first-order valence-electron chi connectivity index (χ1n) is 9.56. The Morgan fingerprint density at radius 2 is 1.97 bits per heavy atom. The topological polar surface area (TPSA) is 76.6 Å². The number of hydrogen-bond donors (Lipinski definition) is 0. The number of carbonyl (C=O) groups excluding carboxylic acids is 1. The Kier molecular flexibility index (Phi) is 6.23. The molecule has 162 valence electrons. The number of rotatable bonds is 5. The number of amides is 1. The molecule has 2 heterocycles. The summed E-state index contributed by atoms with van der Waals surface area (Å²) in [6.07, 6.45) is 3.62. The Balaban J connectivity index is 1.63. The molecule has 1 saturated heterocycles. The highest BCUT2D eigenvalue weighted by atomic mass is 32.2. The third-order valence-electron chi connectivity index (χ3n) is 5.13. The van der Waals surface area contributed by atoms with E-state index in [9.17, 15) is 14.9 Å². The molecule has 6 nitrogen and oxygen atoms in total. The van der Waals surface area contributed by atoms with Crippen LogP contribution in [-0.4, -0.2) is 21.4 Å². The molecular weight excluding hydrogens is 464 g/mol. The van der Waals surface area contributed by atoms with Crippen LogP contribution in [0.4, 0.5) is 11.4 Å². The van der Waals surface area contributed by atoms with Crippen LogP contribution < -0.4 is 4.90 Å². The molecule has 32 heavy (non-hydrogen) atoms. The maximum atomic E-state index is 13.0. The normalized spacial score (nSPS) is 15.1. The third kappa shape index (κ3) is 4.23. The molecule has 1 amide bonds. The van der Waals surface area contributed by atoms with Crippen LogP contribution in [0.3, 0.4) is 0 Å². The second kappa shape index (κ2) is 8.93. The number of nitro groups is 1. The fraction of sp³-hybridized carbons (Fsp3) is 0.130. The number of thiocarbonyl (C=S) groups is 1. The lowest BCUT2D eigenvalue weighted by atomic mass is 10.0. The van der Waals surface area contributed by atoms with E-state index in [1.54, 1.807) is 36.9 Å². The largest absolute Gasteiger partial charge is 0.457 e. The van der Waals surface area contributed by atoms with E-state index in [0.717, 1.165) is 16.1 Å². The predicted molar refractivity (Wildman–Crippen MR) is 134 cm³/mol. The minimum absolute atomic E-state index is 0.0475. The Morgan fingerprint density at radius 1 is 1.19 bits per heavy atom. The van der Waals surface area contributed by atoms with Gasteiger partial charge in [-0.05, 0) is 62.1 Å². The van der Waals surface area contributed by atoms with Crippen LogP contribution in [0.5, 0.6) is 0 Å². The van der Waals surface area contributed by atoms with Gasteiger partial charge in [0.05, 0.1) is 15.5 Å². The summed E-state index contributed by atoms with van der Waals surface area (Å²) < 4.78 is 6.35. The summed E-state index contributed by atoms with van der Waals surface area (Å²) in [5.41, 5.74) is 2.82. The summed E-state index contributed by atoms with van der Waals surface area (Å²) in [7, 11) is 0. The molecule has 0 aliphatic carbocycles. The van der Waals surface area contributed by atoms with Gasteiger partial charge >= 0.3 is 0 Å². The molecule has 9 heteroatoms. The van der Waals surface area contributed by atoms with Crippen molar-refractivity contribution in [3.05, 3.63) is 80.4 Å². The average molecular weight is 483 g/mol. The van der Waals surface area contributed by atoms with Crippen molar-refractivity contribution in [2.75, 3.05) is 11.2 Å². The molecule has 0 N–H and O–H groups in total. The van der Waals surface area contributed by atoms with E-state index in [4.69, 9.17) is 16.6 Å². The van der Waals surface area contributed by atoms with Gasteiger partial charge in [0.1, 0.15) is 11.5 Å². The molecule has 0 saturated carbocycles. The summed E-state index contributed by atoms with van der Waals surface area (Å²) in [4.78, 5) is 27.0. The highest BCUT2D eigenvalue weighted by Crippen LogP contribution is 2.38. The van der Waals surface area contributed by atoms with Crippen LogP contribution in [0.15, 0.2) is 62.7 Å². The number of nitro benzene ring substituents is 1. The molecule has 0 radical (unpaired) electrons. The summed E-state index contributed by atoms with van der Waals surface area (Å²) in [5.74, 6) is 0.753. The number of aryl methyl sites for hydroxylation is 1. The summed E-state index contributed by atoms with van der Waals surface area (Å²) in [5, 5.41) is 11.4. The van der Waals surface area contributed by atoms with Gasteiger partial charge < -0.3 is 4.42 Å². The van der Waals surface area contributed by atoms with E-state index in [0.29, 0.717) is 31.9 Å². The Bertz CT molecular complexity index is 1300. The van der Waals surface area contributed by atoms with Gasteiger partial charge in [0.25, 0.3) is 11.6 Å². The molecule has 0 atom stereocenters. The first kappa shape index (κ1) is 22.3. The molecule has 0 unspecified atom stereocenters. The molecule has 1 aromatic heterocycles. The van der Waals surface area contributed by atoms with E-state index < -0.39 is 4.92 Å². The number of benzene rings is 2. The SMILES string of the molecule is CSc1cccc(N2C(=O)/C(=C\c3ccc(-c4cc(C)c(C)c([N+](=O)[O-])c4)o3)SC2=S)c1. The zero-order valence-corrected chi connectivity index (χ0v) is 19.9. The highest BCUT2D eigenvalue weighted by Gasteiger charge is 2.33.